The average molecular weight is 660 g/mol. The van der Waals surface area contributed by atoms with E-state index in [0.29, 0.717) is 24.2 Å². The van der Waals surface area contributed by atoms with Gasteiger partial charge in [0.1, 0.15) is 5.69 Å². The second kappa shape index (κ2) is 14.4. The molecule has 0 spiro atoms. The highest BCUT2D eigenvalue weighted by atomic mass is 32.2. The summed E-state index contributed by atoms with van der Waals surface area (Å²) in [6, 6.07) is 31.6. The Bertz CT molecular complexity index is 2020. The average Bonchev–Trinajstić information content (AvgIpc) is 3.57. The molecule has 0 aliphatic carbocycles. The van der Waals surface area contributed by atoms with Crippen molar-refractivity contribution in [3.63, 3.8) is 0 Å². The fourth-order valence-corrected chi connectivity index (χ4v) is 6.43. The van der Waals surface area contributed by atoms with E-state index in [0.717, 1.165) is 44.1 Å². The number of ether oxygens (including phenoxy) is 2. The van der Waals surface area contributed by atoms with Crippen LogP contribution in [0.1, 0.15) is 51.6 Å². The summed E-state index contributed by atoms with van der Waals surface area (Å²) in [5, 5.41) is 24.9. The van der Waals surface area contributed by atoms with Crippen LogP contribution in [0.2, 0.25) is 0 Å². The first-order valence-corrected chi connectivity index (χ1v) is 16.6. The molecule has 48 heavy (non-hydrogen) atoms. The first-order valence-electron chi connectivity index (χ1n) is 15.6. The van der Waals surface area contributed by atoms with E-state index in [9.17, 15) is 9.90 Å². The number of hydrogen-bond donors (Lipinski definition) is 2. The van der Waals surface area contributed by atoms with Crippen LogP contribution in [0.5, 0.6) is 0 Å². The molecule has 0 saturated carbocycles. The lowest BCUT2D eigenvalue weighted by Crippen LogP contribution is -2.31. The molecule has 1 aliphatic rings. The molecule has 2 N–H and O–H groups in total. The molecule has 3 heterocycles. The zero-order chi connectivity index (χ0) is 32.9. The number of benzene rings is 4. The number of carbonyl (C=O) groups is 1. The van der Waals surface area contributed by atoms with Crippen LogP contribution in [0.15, 0.2) is 108 Å². The summed E-state index contributed by atoms with van der Waals surface area (Å²) in [4.78, 5) is 21.6. The number of tetrazole rings is 1. The molecule has 1 fully saturated rings. The van der Waals surface area contributed by atoms with E-state index in [1.807, 2.05) is 85.9 Å². The van der Waals surface area contributed by atoms with E-state index in [1.165, 1.54) is 6.20 Å². The van der Waals surface area contributed by atoms with Gasteiger partial charge in [0.05, 0.1) is 36.0 Å². The second-order valence-corrected chi connectivity index (χ2v) is 12.5. The number of aliphatic hydroxyl groups excluding tert-OH is 1. The number of fused-ring (bicyclic) bond motifs is 1. The van der Waals surface area contributed by atoms with E-state index in [4.69, 9.17) is 9.47 Å². The highest BCUT2D eigenvalue weighted by molar-refractivity contribution is 7.99. The van der Waals surface area contributed by atoms with Gasteiger partial charge in [-0.15, -0.1) is 5.10 Å². The van der Waals surface area contributed by atoms with Crippen molar-refractivity contribution in [2.45, 2.75) is 43.2 Å². The molecule has 1 amide bonds. The zero-order valence-electron chi connectivity index (χ0n) is 26.1. The van der Waals surface area contributed by atoms with E-state index in [1.54, 1.807) is 16.4 Å². The summed E-state index contributed by atoms with van der Waals surface area (Å²) in [5.41, 5.74) is 7.52. The highest BCUT2D eigenvalue weighted by Crippen LogP contribution is 2.39. The molecule has 7 rings (SSSR count). The van der Waals surface area contributed by atoms with Crippen LogP contribution in [-0.2, 0) is 29.7 Å². The molecular formula is C36H33N7O4S. The zero-order valence-corrected chi connectivity index (χ0v) is 27.0. The molecule has 4 aromatic carbocycles. The van der Waals surface area contributed by atoms with Crippen molar-refractivity contribution in [2.24, 2.45) is 7.05 Å². The van der Waals surface area contributed by atoms with E-state index in [-0.39, 0.29) is 30.4 Å². The lowest BCUT2D eigenvalue weighted by molar-refractivity contribution is -0.245. The first-order chi connectivity index (χ1) is 23.5. The van der Waals surface area contributed by atoms with Gasteiger partial charge >= 0.3 is 0 Å². The van der Waals surface area contributed by atoms with Crippen LogP contribution < -0.4 is 5.32 Å². The number of amides is 1. The Labute approximate surface area is 281 Å². The van der Waals surface area contributed by atoms with Crippen LogP contribution in [0.4, 0.5) is 0 Å². The third-order valence-corrected chi connectivity index (χ3v) is 9.31. The minimum absolute atomic E-state index is 0.00699. The van der Waals surface area contributed by atoms with Crippen molar-refractivity contribution in [1.82, 2.24) is 35.5 Å². The SMILES string of the molecule is Cn1nnnc1SC[C@H]1C[C@@H](c2ccc(CO)cc2)O[C@@H](c2ccc(-c3cccc(CNC(=O)c4cnc5ccccc5n4)c3)cc2)O1. The standard InChI is InChI=1S/C36H33N7O4S/c1-43-36(40-41-42-43)48-22-29-18-33(26-11-9-23(21-44)10-12-26)47-35(46-29)27-15-13-25(14-16-27)28-6-4-5-24(17-28)19-38-34(45)32-20-37-30-7-2-3-8-31(30)39-32/h2-17,20,29,33,35,44H,18-19,21-22H2,1H3,(H,38,45)/t29-,33+,35+/m1/s1. The number of rotatable bonds is 10. The van der Waals surface area contributed by atoms with Crippen molar-refractivity contribution < 1.29 is 19.4 Å². The Morgan fingerprint density at radius 1 is 0.917 bits per heavy atom. The Morgan fingerprint density at radius 3 is 2.48 bits per heavy atom. The van der Waals surface area contributed by atoms with E-state index < -0.39 is 6.29 Å². The molecule has 11 nitrogen and oxygen atoms in total. The highest BCUT2D eigenvalue weighted by Gasteiger charge is 2.32. The largest absolute Gasteiger partial charge is 0.392 e. The third-order valence-electron chi connectivity index (χ3n) is 8.17. The fraction of sp³-hybridized carbons (Fsp3) is 0.222. The Morgan fingerprint density at radius 2 is 1.71 bits per heavy atom. The molecule has 1 saturated heterocycles. The predicted molar refractivity (Wildman–Crippen MR) is 181 cm³/mol. The number of aliphatic hydroxyl groups is 1. The van der Waals surface area contributed by atoms with Gasteiger partial charge in [0.2, 0.25) is 5.16 Å². The van der Waals surface area contributed by atoms with Gasteiger partial charge in [0.25, 0.3) is 5.91 Å². The summed E-state index contributed by atoms with van der Waals surface area (Å²) in [5.74, 6) is 0.386. The topological polar surface area (TPSA) is 137 Å². The quantitative estimate of drug-likeness (QED) is 0.179. The van der Waals surface area contributed by atoms with E-state index >= 15 is 0 Å². The van der Waals surface area contributed by atoms with Gasteiger partial charge in [-0.3, -0.25) is 9.78 Å². The summed E-state index contributed by atoms with van der Waals surface area (Å²) in [6.07, 6.45) is 1.30. The third kappa shape index (κ3) is 7.26. The molecule has 1 aliphatic heterocycles. The smallest absolute Gasteiger partial charge is 0.271 e. The maximum atomic E-state index is 12.8. The first kappa shape index (κ1) is 31.6. The number of aryl methyl sites for hydroxylation is 1. The van der Waals surface area contributed by atoms with Gasteiger partial charge in [-0.05, 0) is 56.4 Å². The van der Waals surface area contributed by atoms with Crippen LogP contribution in [0, 0.1) is 0 Å². The predicted octanol–water partition coefficient (Wildman–Crippen LogP) is 5.58. The Kier molecular flexibility index (Phi) is 9.48. The number of hydrogen-bond acceptors (Lipinski definition) is 10. The molecule has 12 heteroatoms. The molecule has 0 bridgehead atoms. The van der Waals surface area contributed by atoms with Gasteiger partial charge in [-0.25, -0.2) is 9.67 Å². The van der Waals surface area contributed by atoms with Gasteiger partial charge in [0.15, 0.2) is 6.29 Å². The Balaban J connectivity index is 1.04. The number of aromatic nitrogens is 6. The number of para-hydroxylation sites is 2. The van der Waals surface area contributed by atoms with E-state index in [2.05, 4.69) is 49.0 Å². The van der Waals surface area contributed by atoms with Crippen molar-refractivity contribution in [1.29, 1.82) is 0 Å². The molecular weight excluding hydrogens is 627 g/mol. The molecule has 0 radical (unpaired) electrons. The molecule has 242 valence electrons. The minimum atomic E-state index is -0.571. The van der Waals surface area contributed by atoms with Crippen molar-refractivity contribution in [3.8, 4) is 11.1 Å². The van der Waals surface area contributed by atoms with Gasteiger partial charge in [-0.1, -0.05) is 90.6 Å². The number of nitrogens with one attached hydrogen (secondary N) is 1. The van der Waals surface area contributed by atoms with Crippen LogP contribution >= 0.6 is 11.8 Å². The van der Waals surface area contributed by atoms with Crippen LogP contribution in [0.3, 0.4) is 0 Å². The molecule has 0 unspecified atom stereocenters. The maximum absolute atomic E-state index is 12.8. The fourth-order valence-electron chi connectivity index (χ4n) is 5.57. The molecule has 2 aromatic heterocycles. The lowest BCUT2D eigenvalue weighted by atomic mass is 9.99. The minimum Gasteiger partial charge on any atom is -0.392 e. The lowest BCUT2D eigenvalue weighted by Gasteiger charge is -2.36. The van der Waals surface area contributed by atoms with Crippen molar-refractivity contribution >= 4 is 28.7 Å². The number of carbonyl (C=O) groups excluding carboxylic acids is 1. The van der Waals surface area contributed by atoms with Gasteiger partial charge in [-0.2, -0.15) is 0 Å². The van der Waals surface area contributed by atoms with Gasteiger partial charge in [0, 0.05) is 31.3 Å². The summed E-state index contributed by atoms with van der Waals surface area (Å²) >= 11 is 1.55. The maximum Gasteiger partial charge on any atom is 0.271 e. The molecule has 6 aromatic rings. The normalized spacial score (nSPS) is 17.8. The monoisotopic (exact) mass is 659 g/mol. The van der Waals surface area contributed by atoms with Gasteiger partial charge < -0.3 is 19.9 Å². The number of thioether (sulfide) groups is 1. The van der Waals surface area contributed by atoms with Crippen LogP contribution in [0.25, 0.3) is 22.2 Å². The summed E-state index contributed by atoms with van der Waals surface area (Å²) in [7, 11) is 1.82. The summed E-state index contributed by atoms with van der Waals surface area (Å²) < 4.78 is 14.6. The van der Waals surface area contributed by atoms with Crippen molar-refractivity contribution in [3.05, 3.63) is 131 Å². The van der Waals surface area contributed by atoms with Crippen LogP contribution in [-0.4, -0.2) is 53.0 Å². The van der Waals surface area contributed by atoms with Crippen molar-refractivity contribution in [2.75, 3.05) is 5.75 Å². The molecule has 3 atom stereocenters. The Hall–Kier alpha value is -5.01. The number of nitrogens with zero attached hydrogens (tertiary/aromatic N) is 6. The second-order valence-electron chi connectivity index (χ2n) is 11.5. The summed E-state index contributed by atoms with van der Waals surface area (Å²) in [6.45, 7) is 0.348.